The number of benzene rings is 1. The summed E-state index contributed by atoms with van der Waals surface area (Å²) in [5, 5.41) is 3.68. The van der Waals surface area contributed by atoms with Gasteiger partial charge in [-0.2, -0.15) is 16.9 Å². The van der Waals surface area contributed by atoms with Crippen LogP contribution < -0.4 is 3.71 Å². The number of anilines is 1. The normalized spacial score (nSPS) is 14.9. The Morgan fingerprint density at radius 2 is 1.91 bits per heavy atom. The largest absolute Gasteiger partial charge is 0.471 e. The Labute approximate surface area is 194 Å². The summed E-state index contributed by atoms with van der Waals surface area (Å²) in [6, 6.07) is 3.82. The fraction of sp³-hybridized carbons (Fsp3) is 0.444. The molecule has 0 saturated carbocycles. The van der Waals surface area contributed by atoms with Crippen LogP contribution >= 0.6 is 28.3 Å². The van der Waals surface area contributed by atoms with Gasteiger partial charge in [-0.3, -0.25) is 4.79 Å². The van der Waals surface area contributed by atoms with Gasteiger partial charge in [0.2, 0.25) is 5.82 Å². The first-order valence-corrected chi connectivity index (χ1v) is 12.1. The maximum Gasteiger partial charge on any atom is 0.471 e. The molecule has 0 spiro atoms. The second-order valence-corrected chi connectivity index (χ2v) is 11.4. The van der Waals surface area contributed by atoms with Gasteiger partial charge in [-0.15, -0.1) is 3.89 Å². The van der Waals surface area contributed by atoms with Crippen LogP contribution in [0.4, 0.5) is 22.9 Å². The molecule has 32 heavy (non-hydrogen) atoms. The Morgan fingerprint density at radius 1 is 1.25 bits per heavy atom. The van der Waals surface area contributed by atoms with Crippen molar-refractivity contribution in [3.05, 3.63) is 39.6 Å². The lowest BCUT2D eigenvalue weighted by Gasteiger charge is -2.30. The number of hydrogen-bond acceptors (Lipinski definition) is 6. The predicted octanol–water partition coefficient (Wildman–Crippen LogP) is 4.91. The first kappa shape index (κ1) is 24.8. The minimum atomic E-state index is -5.03. The van der Waals surface area contributed by atoms with Gasteiger partial charge in [0.1, 0.15) is 4.47 Å². The second-order valence-electron chi connectivity index (χ2n) is 8.11. The number of halogens is 5. The number of alkyl halides is 3. The molecule has 1 aromatic heterocycles. The molecule has 0 saturated heterocycles. The lowest BCUT2D eigenvalue weighted by molar-refractivity contribution is -0.186. The van der Waals surface area contributed by atoms with E-state index in [-0.39, 0.29) is 33.7 Å². The minimum absolute atomic E-state index is 0.128. The summed E-state index contributed by atoms with van der Waals surface area (Å²) < 4.78 is 84.1. The van der Waals surface area contributed by atoms with E-state index < -0.39 is 46.4 Å². The van der Waals surface area contributed by atoms with Gasteiger partial charge in [-0.05, 0) is 45.6 Å². The highest BCUT2D eigenvalue weighted by Gasteiger charge is 2.43. The van der Waals surface area contributed by atoms with Crippen LogP contribution in [0, 0.1) is 0 Å². The van der Waals surface area contributed by atoms with Crippen LogP contribution in [0.25, 0.3) is 0 Å². The Hall–Kier alpha value is -1.80. The number of amides is 1. The number of fused-ring (bicyclic) bond motifs is 1. The van der Waals surface area contributed by atoms with Crippen molar-refractivity contribution in [1.29, 1.82) is 0 Å². The van der Waals surface area contributed by atoms with Crippen molar-refractivity contribution in [3.63, 3.8) is 0 Å². The van der Waals surface area contributed by atoms with Crippen molar-refractivity contribution in [2.45, 2.75) is 50.2 Å². The molecular formula is C18H18BrF4N3O4S2. The number of sulfonamides is 1. The van der Waals surface area contributed by atoms with Crippen LogP contribution in [0.3, 0.4) is 0 Å². The van der Waals surface area contributed by atoms with Crippen molar-refractivity contribution in [3.8, 4) is 0 Å². The third-order valence-electron chi connectivity index (χ3n) is 4.77. The molecule has 2 aromatic rings. The van der Waals surface area contributed by atoms with Crippen molar-refractivity contribution in [2.24, 2.45) is 0 Å². The smallest absolute Gasteiger partial charge is 0.357 e. The summed E-state index contributed by atoms with van der Waals surface area (Å²) in [6.45, 7) is 4.82. The number of nitrogens with zero attached hydrogens (tertiary/aromatic N) is 3. The van der Waals surface area contributed by atoms with Gasteiger partial charge in [0.05, 0.1) is 4.90 Å². The molecule has 0 fully saturated rings. The minimum Gasteiger partial charge on any atom is -0.357 e. The van der Waals surface area contributed by atoms with Crippen LogP contribution in [-0.4, -0.2) is 37.1 Å². The van der Waals surface area contributed by atoms with Gasteiger partial charge in [0.25, 0.3) is 10.0 Å². The second kappa shape index (κ2) is 8.52. The summed E-state index contributed by atoms with van der Waals surface area (Å²) in [4.78, 5) is 11.8. The Balaban J connectivity index is 1.98. The highest BCUT2D eigenvalue weighted by Crippen LogP contribution is 2.41. The standard InChI is InChI=1S/C18H18BrF4N3O4S2/c1-17(2,3)14-13(19)15(24-30-14)26(31-23)32(28,29)12-5-4-10-6-7-25(9-11(10)8-12)16(27)18(20,21)22/h4-5,8H,6-7,9H2,1-3H3. The van der Waals surface area contributed by atoms with E-state index in [2.05, 4.69) is 21.1 Å². The lowest BCUT2D eigenvalue weighted by Crippen LogP contribution is -2.43. The van der Waals surface area contributed by atoms with E-state index >= 15 is 0 Å². The van der Waals surface area contributed by atoms with Gasteiger partial charge >= 0.3 is 12.1 Å². The van der Waals surface area contributed by atoms with Gasteiger partial charge in [0.15, 0.2) is 18.1 Å². The fourth-order valence-corrected chi connectivity index (χ4v) is 6.15. The Kier molecular flexibility index (Phi) is 6.61. The van der Waals surface area contributed by atoms with Crippen LogP contribution in [-0.2, 0) is 33.2 Å². The predicted molar refractivity (Wildman–Crippen MR) is 113 cm³/mol. The van der Waals surface area contributed by atoms with E-state index in [0.29, 0.717) is 19.9 Å². The average molecular weight is 560 g/mol. The third-order valence-corrected chi connectivity index (χ3v) is 8.00. The molecule has 14 heteroatoms. The molecule has 0 N–H and O–H groups in total. The van der Waals surface area contributed by atoms with E-state index in [1.165, 1.54) is 12.1 Å². The molecule has 1 aliphatic heterocycles. The molecule has 3 rings (SSSR count). The number of carbonyl (C=O) groups excluding carboxylic acids is 1. The highest BCUT2D eigenvalue weighted by atomic mass is 79.9. The average Bonchev–Trinajstić information content (AvgIpc) is 3.07. The van der Waals surface area contributed by atoms with E-state index in [1.807, 2.05) is 0 Å². The molecule has 0 unspecified atom stereocenters. The third kappa shape index (κ3) is 4.62. The summed E-state index contributed by atoms with van der Waals surface area (Å²) >= 11 is 2.59. The molecule has 0 bridgehead atoms. The van der Waals surface area contributed by atoms with Gasteiger partial charge < -0.3 is 9.42 Å². The van der Waals surface area contributed by atoms with Crippen LogP contribution in [0.1, 0.15) is 37.7 Å². The molecule has 0 radical (unpaired) electrons. The molecule has 0 aliphatic carbocycles. The number of rotatable bonds is 4. The zero-order valence-corrected chi connectivity index (χ0v) is 20.3. The number of carbonyl (C=O) groups is 1. The molecule has 2 heterocycles. The van der Waals surface area contributed by atoms with Crippen LogP contribution in [0.15, 0.2) is 32.1 Å². The quantitative estimate of drug-likeness (QED) is 0.391. The molecule has 7 nitrogen and oxygen atoms in total. The van der Waals surface area contributed by atoms with Crippen molar-refractivity contribution < 1.29 is 34.8 Å². The molecule has 176 valence electrons. The molecule has 0 atom stereocenters. The number of hydrogen-bond donors (Lipinski definition) is 0. The monoisotopic (exact) mass is 559 g/mol. The lowest BCUT2D eigenvalue weighted by atomic mass is 9.93. The summed E-state index contributed by atoms with van der Waals surface area (Å²) in [6.07, 6.45) is -4.91. The molecule has 1 amide bonds. The summed E-state index contributed by atoms with van der Waals surface area (Å²) in [5.74, 6) is -2.03. The first-order chi connectivity index (χ1) is 14.7. The van der Waals surface area contributed by atoms with E-state index in [0.717, 1.165) is 6.07 Å². The zero-order valence-electron chi connectivity index (χ0n) is 17.0. The highest BCUT2D eigenvalue weighted by molar-refractivity contribution is 9.10. The molecule has 1 aliphatic rings. The summed E-state index contributed by atoms with van der Waals surface area (Å²) in [7, 11) is -4.52. The summed E-state index contributed by atoms with van der Waals surface area (Å²) in [5.41, 5.74) is 0.279. The van der Waals surface area contributed by atoms with E-state index in [4.69, 9.17) is 4.52 Å². The fourth-order valence-electron chi connectivity index (χ4n) is 3.18. The van der Waals surface area contributed by atoms with Gasteiger partial charge in [0, 0.05) is 18.5 Å². The van der Waals surface area contributed by atoms with Gasteiger partial charge in [-0.1, -0.05) is 32.0 Å². The maximum atomic E-state index is 13.8. The zero-order chi connectivity index (χ0) is 24.1. The molecular weight excluding hydrogens is 542 g/mol. The Morgan fingerprint density at radius 3 is 2.44 bits per heavy atom. The van der Waals surface area contributed by atoms with Crippen molar-refractivity contribution in [2.75, 3.05) is 10.3 Å². The van der Waals surface area contributed by atoms with Crippen molar-refractivity contribution >= 4 is 50.0 Å². The topological polar surface area (TPSA) is 83.7 Å². The van der Waals surface area contributed by atoms with E-state index in [9.17, 15) is 30.3 Å². The number of aromatic nitrogens is 1. The van der Waals surface area contributed by atoms with Gasteiger partial charge in [-0.25, -0.2) is 8.42 Å². The molecule has 1 aromatic carbocycles. The first-order valence-electron chi connectivity index (χ1n) is 9.15. The van der Waals surface area contributed by atoms with E-state index in [1.54, 1.807) is 20.8 Å². The van der Waals surface area contributed by atoms with Crippen molar-refractivity contribution in [1.82, 2.24) is 10.1 Å². The maximum absolute atomic E-state index is 13.8. The van der Waals surface area contributed by atoms with Crippen LogP contribution in [0.5, 0.6) is 0 Å². The Bertz CT molecular complexity index is 1150. The SMILES string of the molecule is CC(C)(C)c1onc(N(SF)S(=O)(=O)c2ccc3c(c2)CN(C(=O)C(F)(F)F)CC3)c1Br. The van der Waals surface area contributed by atoms with Crippen LogP contribution in [0.2, 0.25) is 0 Å².